The first-order valence-corrected chi connectivity index (χ1v) is 7.18. The highest BCUT2D eigenvalue weighted by Gasteiger charge is 2.15. The van der Waals surface area contributed by atoms with Gasteiger partial charge in [-0.05, 0) is 31.7 Å². The van der Waals surface area contributed by atoms with Crippen molar-refractivity contribution < 1.29 is 4.79 Å². The van der Waals surface area contributed by atoms with Crippen molar-refractivity contribution in [1.82, 2.24) is 5.32 Å². The molecule has 1 rings (SSSR count). The van der Waals surface area contributed by atoms with Crippen LogP contribution in [-0.2, 0) is 11.2 Å². The molecular weight excluding hydrogens is 236 g/mol. The zero-order chi connectivity index (χ0) is 14.1. The van der Waals surface area contributed by atoms with Gasteiger partial charge in [0, 0.05) is 18.5 Å². The number of hydrogen-bond acceptors (Lipinski definition) is 2. The summed E-state index contributed by atoms with van der Waals surface area (Å²) in [5.41, 5.74) is 7.08. The summed E-state index contributed by atoms with van der Waals surface area (Å²) in [5, 5.41) is 2.94. The van der Waals surface area contributed by atoms with Crippen molar-refractivity contribution in [3.05, 3.63) is 35.9 Å². The van der Waals surface area contributed by atoms with E-state index in [2.05, 4.69) is 29.6 Å². The Morgan fingerprint density at radius 2 is 1.84 bits per heavy atom. The second kappa shape index (κ2) is 8.70. The molecule has 0 aliphatic rings. The molecule has 106 valence electrons. The summed E-state index contributed by atoms with van der Waals surface area (Å²) in [6, 6.07) is 10.4. The van der Waals surface area contributed by atoms with Gasteiger partial charge >= 0.3 is 0 Å². The minimum Gasteiger partial charge on any atom is -0.356 e. The maximum absolute atomic E-state index is 11.6. The molecule has 0 spiro atoms. The first-order valence-electron chi connectivity index (χ1n) is 7.18. The van der Waals surface area contributed by atoms with Crippen molar-refractivity contribution in [1.29, 1.82) is 0 Å². The van der Waals surface area contributed by atoms with E-state index < -0.39 is 0 Å². The number of nitrogens with one attached hydrogen (secondary N) is 1. The van der Waals surface area contributed by atoms with Gasteiger partial charge in [-0.15, -0.1) is 0 Å². The van der Waals surface area contributed by atoms with Crippen LogP contribution in [0.5, 0.6) is 0 Å². The standard InChI is InChI=1S/C16H26N2O/c1-13(14(2)17)16(19)18-12-8-4-7-11-15-9-5-3-6-10-15/h3,5-6,9-10,13-14H,4,7-8,11-12,17H2,1-2H3,(H,18,19). The molecule has 0 aliphatic heterocycles. The Morgan fingerprint density at radius 3 is 2.47 bits per heavy atom. The Hall–Kier alpha value is -1.35. The van der Waals surface area contributed by atoms with Crippen molar-refractivity contribution in [3.63, 3.8) is 0 Å². The van der Waals surface area contributed by atoms with E-state index in [1.54, 1.807) is 0 Å². The second-order valence-corrected chi connectivity index (χ2v) is 5.24. The quantitative estimate of drug-likeness (QED) is 0.707. The summed E-state index contributed by atoms with van der Waals surface area (Å²) >= 11 is 0. The molecule has 0 aliphatic carbocycles. The number of rotatable bonds is 8. The fourth-order valence-corrected chi connectivity index (χ4v) is 1.89. The largest absolute Gasteiger partial charge is 0.356 e. The van der Waals surface area contributed by atoms with Gasteiger partial charge in [-0.3, -0.25) is 4.79 Å². The van der Waals surface area contributed by atoms with E-state index in [1.165, 1.54) is 12.0 Å². The summed E-state index contributed by atoms with van der Waals surface area (Å²) in [6.07, 6.45) is 4.46. The van der Waals surface area contributed by atoms with Gasteiger partial charge in [0.15, 0.2) is 0 Å². The molecule has 19 heavy (non-hydrogen) atoms. The van der Waals surface area contributed by atoms with Gasteiger partial charge in [-0.25, -0.2) is 0 Å². The zero-order valence-corrected chi connectivity index (χ0v) is 12.1. The highest BCUT2D eigenvalue weighted by Crippen LogP contribution is 2.06. The number of nitrogens with two attached hydrogens (primary N) is 1. The maximum atomic E-state index is 11.6. The molecule has 0 bridgehead atoms. The van der Waals surface area contributed by atoms with Gasteiger partial charge in [0.05, 0.1) is 0 Å². The van der Waals surface area contributed by atoms with Crippen LogP contribution in [0.15, 0.2) is 30.3 Å². The van der Waals surface area contributed by atoms with Crippen LogP contribution in [0, 0.1) is 5.92 Å². The summed E-state index contributed by atoms with van der Waals surface area (Å²) in [7, 11) is 0. The highest BCUT2D eigenvalue weighted by molar-refractivity contribution is 5.78. The third-order valence-corrected chi connectivity index (χ3v) is 3.49. The Bertz CT molecular complexity index is 362. The molecule has 3 nitrogen and oxygen atoms in total. The lowest BCUT2D eigenvalue weighted by molar-refractivity contribution is -0.124. The number of hydrogen-bond donors (Lipinski definition) is 2. The molecule has 0 saturated carbocycles. The zero-order valence-electron chi connectivity index (χ0n) is 12.1. The van der Waals surface area contributed by atoms with E-state index >= 15 is 0 Å². The molecule has 3 heteroatoms. The van der Waals surface area contributed by atoms with E-state index in [0.29, 0.717) is 0 Å². The third kappa shape index (κ3) is 6.39. The Labute approximate surface area is 116 Å². The molecule has 1 amide bonds. The van der Waals surface area contributed by atoms with Crippen LogP contribution in [0.4, 0.5) is 0 Å². The Kier molecular flexibility index (Phi) is 7.19. The smallest absolute Gasteiger partial charge is 0.224 e. The topological polar surface area (TPSA) is 55.1 Å². The summed E-state index contributed by atoms with van der Waals surface area (Å²) in [5.74, 6) is -0.0395. The molecule has 1 aromatic carbocycles. The van der Waals surface area contributed by atoms with E-state index in [4.69, 9.17) is 5.73 Å². The number of unbranched alkanes of at least 4 members (excludes halogenated alkanes) is 2. The summed E-state index contributed by atoms with van der Waals surface area (Å²) in [6.45, 7) is 4.49. The van der Waals surface area contributed by atoms with E-state index in [-0.39, 0.29) is 17.9 Å². The monoisotopic (exact) mass is 262 g/mol. The molecule has 2 atom stereocenters. The van der Waals surface area contributed by atoms with Gasteiger partial charge in [-0.1, -0.05) is 43.7 Å². The van der Waals surface area contributed by atoms with Gasteiger partial charge in [0.25, 0.3) is 0 Å². The number of benzene rings is 1. The van der Waals surface area contributed by atoms with E-state index in [0.717, 1.165) is 25.8 Å². The van der Waals surface area contributed by atoms with Crippen molar-refractivity contribution >= 4 is 5.91 Å². The van der Waals surface area contributed by atoms with Crippen molar-refractivity contribution in [2.75, 3.05) is 6.54 Å². The van der Waals surface area contributed by atoms with Crippen molar-refractivity contribution in [3.8, 4) is 0 Å². The second-order valence-electron chi connectivity index (χ2n) is 5.24. The average molecular weight is 262 g/mol. The third-order valence-electron chi connectivity index (χ3n) is 3.49. The van der Waals surface area contributed by atoms with Gasteiger partial charge in [0.2, 0.25) is 5.91 Å². The van der Waals surface area contributed by atoms with Crippen LogP contribution in [0.2, 0.25) is 0 Å². The Morgan fingerprint density at radius 1 is 1.16 bits per heavy atom. The van der Waals surface area contributed by atoms with Gasteiger partial charge < -0.3 is 11.1 Å². The predicted molar refractivity (Wildman–Crippen MR) is 79.8 cm³/mol. The van der Waals surface area contributed by atoms with E-state index in [9.17, 15) is 4.79 Å². The molecule has 0 radical (unpaired) electrons. The van der Waals surface area contributed by atoms with Crippen LogP contribution < -0.4 is 11.1 Å². The SMILES string of the molecule is CC(N)C(C)C(=O)NCCCCCc1ccccc1. The lowest BCUT2D eigenvalue weighted by atomic mass is 10.0. The van der Waals surface area contributed by atoms with E-state index in [1.807, 2.05) is 19.9 Å². The minimum atomic E-state index is -0.107. The van der Waals surface area contributed by atoms with Crippen LogP contribution in [0.1, 0.15) is 38.7 Å². The Balaban J connectivity index is 2.04. The number of aryl methyl sites for hydroxylation is 1. The van der Waals surface area contributed by atoms with Gasteiger partial charge in [-0.2, -0.15) is 0 Å². The molecule has 3 N–H and O–H groups in total. The lowest BCUT2D eigenvalue weighted by Crippen LogP contribution is -2.38. The maximum Gasteiger partial charge on any atom is 0.224 e. The van der Waals surface area contributed by atoms with Crippen molar-refractivity contribution in [2.45, 2.75) is 45.6 Å². The van der Waals surface area contributed by atoms with Gasteiger partial charge in [0.1, 0.15) is 0 Å². The van der Waals surface area contributed by atoms with Crippen LogP contribution in [0.3, 0.4) is 0 Å². The number of amides is 1. The van der Waals surface area contributed by atoms with Crippen LogP contribution in [0.25, 0.3) is 0 Å². The molecule has 0 heterocycles. The summed E-state index contributed by atoms with van der Waals surface area (Å²) in [4.78, 5) is 11.6. The average Bonchev–Trinajstić information content (AvgIpc) is 2.42. The minimum absolute atomic E-state index is 0.0676. The number of carbonyl (C=O) groups excluding carboxylic acids is 1. The fourth-order valence-electron chi connectivity index (χ4n) is 1.89. The predicted octanol–water partition coefficient (Wildman–Crippen LogP) is 2.50. The first-order chi connectivity index (χ1) is 9.11. The normalized spacial score (nSPS) is 13.8. The highest BCUT2D eigenvalue weighted by atomic mass is 16.1. The first kappa shape index (κ1) is 15.7. The molecule has 0 saturated heterocycles. The van der Waals surface area contributed by atoms with Crippen LogP contribution in [-0.4, -0.2) is 18.5 Å². The summed E-state index contributed by atoms with van der Waals surface area (Å²) < 4.78 is 0. The van der Waals surface area contributed by atoms with Crippen molar-refractivity contribution in [2.24, 2.45) is 11.7 Å². The number of carbonyl (C=O) groups is 1. The molecule has 1 aromatic rings. The van der Waals surface area contributed by atoms with Crippen LogP contribution >= 0.6 is 0 Å². The molecule has 2 unspecified atom stereocenters. The molecule has 0 aromatic heterocycles. The fraction of sp³-hybridized carbons (Fsp3) is 0.562. The molecule has 0 fully saturated rings. The lowest BCUT2D eigenvalue weighted by Gasteiger charge is -2.15. The molecular formula is C16H26N2O.